The maximum atomic E-state index is 14.0. The predicted octanol–water partition coefficient (Wildman–Crippen LogP) is 5.72. The van der Waals surface area contributed by atoms with Gasteiger partial charge in [0.15, 0.2) is 0 Å². The molecule has 1 aromatic heterocycles. The van der Waals surface area contributed by atoms with Gasteiger partial charge in [-0.1, -0.05) is 75.2 Å². The summed E-state index contributed by atoms with van der Waals surface area (Å²) in [5.74, 6) is 0.0522. The van der Waals surface area contributed by atoms with Crippen molar-refractivity contribution in [3.8, 4) is 11.1 Å². The number of aryl methyl sites for hydroxylation is 1. The van der Waals surface area contributed by atoms with Crippen LogP contribution in [0.5, 0.6) is 0 Å². The van der Waals surface area contributed by atoms with Crippen molar-refractivity contribution in [3.63, 3.8) is 0 Å². The van der Waals surface area contributed by atoms with Gasteiger partial charge >= 0.3 is 0 Å². The highest BCUT2D eigenvalue weighted by molar-refractivity contribution is 7.90. The van der Waals surface area contributed by atoms with E-state index >= 15 is 0 Å². The Balaban J connectivity index is 1.26. The Morgan fingerprint density at radius 3 is 2.40 bits per heavy atom. The zero-order chi connectivity index (χ0) is 33.0. The number of carbonyl (C=O) groups excluding carboxylic acids is 1. The molecule has 0 bridgehead atoms. The molecule has 9 nitrogen and oxygen atoms in total. The maximum absolute atomic E-state index is 14.0. The van der Waals surface area contributed by atoms with Gasteiger partial charge in [0.05, 0.1) is 22.3 Å². The first-order valence-corrected chi connectivity index (χ1v) is 18.2. The second-order valence-corrected chi connectivity index (χ2v) is 14.2. The van der Waals surface area contributed by atoms with Gasteiger partial charge in [0.2, 0.25) is 5.91 Å². The van der Waals surface area contributed by atoms with Crippen molar-refractivity contribution in [2.75, 3.05) is 31.1 Å². The Labute approximate surface area is 277 Å². The summed E-state index contributed by atoms with van der Waals surface area (Å²) in [6.45, 7) is 9.79. The van der Waals surface area contributed by atoms with Gasteiger partial charge in [-0.25, -0.2) is 18.1 Å². The SMILES string of the molecule is C=CN1CCN(c2ccc3nc(CCC)n(Cc4ccc(-c5ccccc5S(=O)(=O)NC(=O)C5CCCCC5)cc4)c(=O)c3c2)CC1. The summed E-state index contributed by atoms with van der Waals surface area (Å²) in [5.41, 5.74) is 3.77. The van der Waals surface area contributed by atoms with Crippen molar-refractivity contribution in [2.45, 2.75) is 63.3 Å². The lowest BCUT2D eigenvalue weighted by Crippen LogP contribution is -2.44. The van der Waals surface area contributed by atoms with Gasteiger partial charge in [0, 0.05) is 49.8 Å². The van der Waals surface area contributed by atoms with Crippen molar-refractivity contribution in [1.82, 2.24) is 19.2 Å². The Morgan fingerprint density at radius 1 is 0.979 bits per heavy atom. The quantitative estimate of drug-likeness (QED) is 0.234. The monoisotopic (exact) mass is 653 g/mol. The van der Waals surface area contributed by atoms with Crippen molar-refractivity contribution in [2.24, 2.45) is 5.92 Å². The van der Waals surface area contributed by atoms with Crippen LogP contribution in [0.3, 0.4) is 0 Å². The van der Waals surface area contributed by atoms with Crippen LogP contribution >= 0.6 is 0 Å². The van der Waals surface area contributed by atoms with E-state index < -0.39 is 15.9 Å². The molecule has 47 heavy (non-hydrogen) atoms. The molecule has 4 aromatic rings. The maximum Gasteiger partial charge on any atom is 0.264 e. The highest BCUT2D eigenvalue weighted by Crippen LogP contribution is 2.29. The van der Waals surface area contributed by atoms with Gasteiger partial charge in [0.25, 0.3) is 15.6 Å². The standard InChI is InChI=1S/C37H43N5O4S/c1-3-10-35-38-33-20-19-30(41-23-21-40(4-2)22-24-41)25-32(33)37(44)42(35)26-27-15-17-28(18-16-27)31-13-8-9-14-34(31)47(45,46)39-36(43)29-11-6-5-7-12-29/h4,8-9,13-20,25,29H,2-3,5-7,10-12,21-24,26H2,1H3,(H,39,43). The fourth-order valence-electron chi connectivity index (χ4n) is 6.74. The lowest BCUT2D eigenvalue weighted by Gasteiger charge is -2.35. The summed E-state index contributed by atoms with van der Waals surface area (Å²) in [7, 11) is -4.06. The number of fused-ring (bicyclic) bond motifs is 1. The van der Waals surface area contributed by atoms with Crippen LogP contribution in [-0.4, -0.2) is 55.0 Å². The van der Waals surface area contributed by atoms with E-state index in [-0.39, 0.29) is 16.4 Å². The number of carbonyl (C=O) groups is 1. The molecule has 0 unspecified atom stereocenters. The van der Waals surface area contributed by atoms with Gasteiger partial charge in [-0.05, 0) is 60.9 Å². The molecule has 246 valence electrons. The normalized spacial score (nSPS) is 15.9. The second-order valence-electron chi connectivity index (χ2n) is 12.6. The first-order chi connectivity index (χ1) is 22.8. The van der Waals surface area contributed by atoms with Gasteiger partial charge in [-0.3, -0.25) is 14.2 Å². The number of nitrogens with one attached hydrogen (secondary N) is 1. The Morgan fingerprint density at radius 2 is 1.70 bits per heavy atom. The van der Waals surface area contributed by atoms with Gasteiger partial charge in [-0.15, -0.1) is 0 Å². The number of amides is 1. The minimum absolute atomic E-state index is 0.0683. The molecule has 0 radical (unpaired) electrons. The second kappa shape index (κ2) is 14.1. The summed E-state index contributed by atoms with van der Waals surface area (Å²) in [4.78, 5) is 36.3. The number of sulfonamides is 1. The Hall–Kier alpha value is -4.44. The Kier molecular flexibility index (Phi) is 9.77. The summed E-state index contributed by atoms with van der Waals surface area (Å²) in [5, 5.41) is 0.597. The number of hydrogen-bond donors (Lipinski definition) is 1. The van der Waals surface area contributed by atoms with Crippen LogP contribution in [0.1, 0.15) is 56.8 Å². The summed E-state index contributed by atoms with van der Waals surface area (Å²) in [6, 6.07) is 20.3. The van der Waals surface area contributed by atoms with Crippen LogP contribution in [0.4, 0.5) is 5.69 Å². The van der Waals surface area contributed by atoms with E-state index in [0.29, 0.717) is 35.0 Å². The van der Waals surface area contributed by atoms with Crippen LogP contribution in [-0.2, 0) is 27.8 Å². The third-order valence-corrected chi connectivity index (χ3v) is 10.8. The number of rotatable bonds is 10. The number of aromatic nitrogens is 2. The predicted molar refractivity (Wildman–Crippen MR) is 187 cm³/mol. The zero-order valence-corrected chi connectivity index (χ0v) is 27.8. The molecule has 3 aromatic carbocycles. The van der Waals surface area contributed by atoms with Crippen LogP contribution in [0.2, 0.25) is 0 Å². The molecule has 0 atom stereocenters. The number of benzene rings is 3. The molecule has 0 spiro atoms. The molecule has 2 aliphatic rings. The topological polar surface area (TPSA) is 105 Å². The van der Waals surface area contributed by atoms with Crippen LogP contribution < -0.4 is 15.2 Å². The molecule has 1 aliphatic heterocycles. The van der Waals surface area contributed by atoms with Crippen LogP contribution in [0, 0.1) is 5.92 Å². The summed E-state index contributed by atoms with van der Waals surface area (Å²) < 4.78 is 30.9. The average Bonchev–Trinajstić information content (AvgIpc) is 3.10. The summed E-state index contributed by atoms with van der Waals surface area (Å²) >= 11 is 0. The molecule has 1 amide bonds. The molecule has 10 heteroatoms. The number of nitrogens with zero attached hydrogens (tertiary/aromatic N) is 4. The highest BCUT2D eigenvalue weighted by atomic mass is 32.2. The van der Waals surface area contributed by atoms with E-state index in [4.69, 9.17) is 4.98 Å². The zero-order valence-electron chi connectivity index (χ0n) is 27.0. The van der Waals surface area contributed by atoms with Crippen LogP contribution in [0.15, 0.2) is 89.2 Å². The van der Waals surface area contributed by atoms with Gasteiger partial charge in [0.1, 0.15) is 5.82 Å². The van der Waals surface area contributed by atoms with Crippen LogP contribution in [0.25, 0.3) is 22.0 Å². The minimum atomic E-state index is -4.06. The molecule has 1 N–H and O–H groups in total. The summed E-state index contributed by atoms with van der Waals surface area (Å²) in [6.07, 6.45) is 7.80. The minimum Gasteiger partial charge on any atom is -0.374 e. The van der Waals surface area contributed by atoms with Crippen molar-refractivity contribution >= 4 is 32.5 Å². The van der Waals surface area contributed by atoms with Crippen molar-refractivity contribution in [1.29, 1.82) is 0 Å². The van der Waals surface area contributed by atoms with Gasteiger partial charge in [-0.2, -0.15) is 0 Å². The van der Waals surface area contributed by atoms with E-state index in [1.165, 1.54) is 6.07 Å². The first-order valence-electron chi connectivity index (χ1n) is 16.7. The fourth-order valence-corrected chi connectivity index (χ4v) is 8.01. The van der Waals surface area contributed by atoms with Crippen molar-refractivity contribution < 1.29 is 13.2 Å². The smallest absolute Gasteiger partial charge is 0.264 e. The molecule has 6 rings (SSSR count). The molecular formula is C37H43N5O4S. The highest BCUT2D eigenvalue weighted by Gasteiger charge is 2.27. The average molecular weight is 654 g/mol. The van der Waals surface area contributed by atoms with E-state index in [9.17, 15) is 18.0 Å². The number of anilines is 1. The Bertz CT molecular complexity index is 1920. The first kappa shape index (κ1) is 32.5. The van der Waals surface area contributed by atoms with E-state index in [0.717, 1.165) is 81.8 Å². The molecule has 2 fully saturated rings. The molecule has 1 saturated carbocycles. The lowest BCUT2D eigenvalue weighted by atomic mass is 9.89. The van der Waals surface area contributed by atoms with Crippen molar-refractivity contribution in [3.05, 3.63) is 101 Å². The lowest BCUT2D eigenvalue weighted by molar-refractivity contribution is -0.124. The number of hydrogen-bond acceptors (Lipinski definition) is 7. The number of piperazine rings is 1. The van der Waals surface area contributed by atoms with E-state index in [1.54, 1.807) is 22.8 Å². The van der Waals surface area contributed by atoms with E-state index in [2.05, 4.69) is 34.1 Å². The molecule has 1 saturated heterocycles. The fraction of sp³-hybridized carbons (Fsp3) is 0.378. The van der Waals surface area contributed by atoms with Gasteiger partial charge < -0.3 is 9.80 Å². The molecular weight excluding hydrogens is 611 g/mol. The molecule has 1 aliphatic carbocycles. The largest absolute Gasteiger partial charge is 0.374 e. The third kappa shape index (κ3) is 7.12. The van der Waals surface area contributed by atoms with E-state index in [1.807, 2.05) is 42.6 Å². The third-order valence-electron chi connectivity index (χ3n) is 9.42. The molecule has 2 heterocycles.